The summed E-state index contributed by atoms with van der Waals surface area (Å²) in [5.74, 6) is 0.424. The molecule has 178 valence electrons. The van der Waals surface area contributed by atoms with Crippen molar-refractivity contribution in [2.24, 2.45) is 23.3 Å². The molecule has 6 nitrogen and oxygen atoms in total. The Balaban J connectivity index is 1.48. The number of carbonyl (C=O) groups excluding carboxylic acids is 1. The third-order valence-corrected chi connectivity index (χ3v) is 6.85. The van der Waals surface area contributed by atoms with Crippen LogP contribution in [0.4, 0.5) is 0 Å². The largest absolute Gasteiger partial charge is 0.405 e. The third kappa shape index (κ3) is 7.10. The van der Waals surface area contributed by atoms with Gasteiger partial charge in [0.1, 0.15) is 0 Å². The van der Waals surface area contributed by atoms with E-state index in [0.717, 1.165) is 56.5 Å². The normalized spacial score (nSPS) is 19.2. The molecule has 1 aromatic rings. The van der Waals surface area contributed by atoms with E-state index in [4.69, 9.17) is 40.1 Å². The number of hydrogen-bond donors (Lipinski definition) is 3. The second-order valence-electron chi connectivity index (χ2n) is 8.88. The molecule has 5 N–H and O–H groups in total. The van der Waals surface area contributed by atoms with Crippen LogP contribution in [0.2, 0.25) is 10.0 Å². The number of nitrogens with zero attached hydrogens (tertiary/aromatic N) is 2. The summed E-state index contributed by atoms with van der Waals surface area (Å²) in [5, 5.41) is 9.66. The van der Waals surface area contributed by atoms with E-state index in [9.17, 15) is 4.79 Å². The summed E-state index contributed by atoms with van der Waals surface area (Å²) >= 11 is 12.2. The Morgan fingerprint density at radius 1 is 1.06 bits per heavy atom. The molecule has 0 bridgehead atoms. The van der Waals surface area contributed by atoms with Gasteiger partial charge in [-0.25, -0.2) is 0 Å². The minimum absolute atomic E-state index is 0.0611. The molecular formula is C25H33Cl2N5O. The Hall–Kier alpha value is -2.28. The van der Waals surface area contributed by atoms with Crippen LogP contribution < -0.4 is 11.5 Å². The quantitative estimate of drug-likeness (QED) is 0.394. The summed E-state index contributed by atoms with van der Waals surface area (Å²) in [7, 11) is 0. The maximum atomic E-state index is 13.1. The minimum atomic E-state index is 0.0611. The summed E-state index contributed by atoms with van der Waals surface area (Å²) in [6, 6.07) is 5.25. The molecule has 2 saturated heterocycles. The number of piperidine rings is 2. The van der Waals surface area contributed by atoms with Crippen LogP contribution in [-0.4, -0.2) is 54.1 Å². The molecule has 3 rings (SSSR count). The number of rotatable bonds is 7. The highest BCUT2D eigenvalue weighted by Gasteiger charge is 2.32. The molecule has 2 fully saturated rings. The predicted molar refractivity (Wildman–Crippen MR) is 136 cm³/mol. The van der Waals surface area contributed by atoms with Crippen LogP contribution >= 0.6 is 23.2 Å². The standard InChI is InChI=1S/C25H33Cl2N5O/c1-17(29)12-18(2-7-28)16-31-8-3-20(4-9-31)25(33)32-10-5-19(6-11-32)24(30)21-13-22(26)15-23(27)14-21/h2,7,12-15,19-20,30H,1,3-6,8-11,16,28-29H2/b7-2-,18-12+,30-24?. The molecule has 33 heavy (non-hydrogen) atoms. The van der Waals surface area contributed by atoms with Crippen LogP contribution in [0, 0.1) is 17.2 Å². The van der Waals surface area contributed by atoms with Crippen LogP contribution in [-0.2, 0) is 4.79 Å². The average molecular weight is 490 g/mol. The van der Waals surface area contributed by atoms with E-state index >= 15 is 0 Å². The van der Waals surface area contributed by atoms with E-state index in [-0.39, 0.29) is 17.7 Å². The lowest BCUT2D eigenvalue weighted by Gasteiger charge is -2.37. The van der Waals surface area contributed by atoms with E-state index in [1.807, 2.05) is 17.1 Å². The van der Waals surface area contributed by atoms with Gasteiger partial charge in [0.15, 0.2) is 0 Å². The first-order valence-corrected chi connectivity index (χ1v) is 12.1. The summed E-state index contributed by atoms with van der Waals surface area (Å²) in [6.07, 6.45) is 8.45. The lowest BCUT2D eigenvalue weighted by Crippen LogP contribution is -2.46. The molecule has 1 amide bonds. The van der Waals surface area contributed by atoms with Crippen molar-refractivity contribution >= 4 is 34.8 Å². The van der Waals surface area contributed by atoms with Gasteiger partial charge in [-0.15, -0.1) is 0 Å². The van der Waals surface area contributed by atoms with Gasteiger partial charge in [0.25, 0.3) is 0 Å². The van der Waals surface area contributed by atoms with Crippen molar-refractivity contribution in [2.75, 3.05) is 32.7 Å². The zero-order chi connectivity index (χ0) is 24.0. The van der Waals surface area contributed by atoms with Crippen molar-refractivity contribution in [3.8, 4) is 0 Å². The topological polar surface area (TPSA) is 99.4 Å². The Labute approximate surface area is 206 Å². The predicted octanol–water partition coefficient (Wildman–Crippen LogP) is 4.18. The van der Waals surface area contributed by atoms with Crippen molar-refractivity contribution in [3.05, 3.63) is 70.0 Å². The molecule has 0 aliphatic carbocycles. The maximum absolute atomic E-state index is 13.1. The monoisotopic (exact) mass is 489 g/mol. The Morgan fingerprint density at radius 3 is 2.18 bits per heavy atom. The first-order valence-electron chi connectivity index (χ1n) is 11.4. The van der Waals surface area contributed by atoms with Crippen LogP contribution in [0.25, 0.3) is 0 Å². The van der Waals surface area contributed by atoms with Gasteiger partial charge in [-0.05, 0) is 86.5 Å². The molecule has 0 spiro atoms. The van der Waals surface area contributed by atoms with E-state index in [0.29, 0.717) is 34.5 Å². The number of halogens is 2. The van der Waals surface area contributed by atoms with Crippen molar-refractivity contribution in [2.45, 2.75) is 25.7 Å². The zero-order valence-corrected chi connectivity index (χ0v) is 20.4. The Kier molecular flexibility index (Phi) is 9.01. The highest BCUT2D eigenvalue weighted by Crippen LogP contribution is 2.28. The second kappa shape index (κ2) is 11.7. The second-order valence-corrected chi connectivity index (χ2v) is 9.75. The lowest BCUT2D eigenvalue weighted by atomic mass is 9.87. The highest BCUT2D eigenvalue weighted by molar-refractivity contribution is 6.35. The van der Waals surface area contributed by atoms with E-state index in [1.165, 1.54) is 6.20 Å². The molecule has 0 atom stereocenters. The van der Waals surface area contributed by atoms with Gasteiger partial charge in [0.05, 0.1) is 0 Å². The molecule has 1 aromatic carbocycles. The van der Waals surface area contributed by atoms with Crippen LogP contribution in [0.15, 0.2) is 54.4 Å². The van der Waals surface area contributed by atoms with Gasteiger partial charge < -0.3 is 21.8 Å². The molecule has 2 heterocycles. The maximum Gasteiger partial charge on any atom is 0.225 e. The number of amides is 1. The van der Waals surface area contributed by atoms with Crippen LogP contribution in [0.5, 0.6) is 0 Å². The third-order valence-electron chi connectivity index (χ3n) is 6.41. The Bertz CT molecular complexity index is 922. The number of likely N-dealkylation sites (tertiary alicyclic amines) is 2. The molecule has 2 aliphatic heterocycles. The van der Waals surface area contributed by atoms with Gasteiger partial charge in [0.2, 0.25) is 5.91 Å². The number of allylic oxidation sites excluding steroid dienone is 1. The van der Waals surface area contributed by atoms with E-state index in [2.05, 4.69) is 11.5 Å². The number of carbonyl (C=O) groups is 1. The zero-order valence-electron chi connectivity index (χ0n) is 18.9. The SMILES string of the molecule is C=C(N)/C=C(\C=C/N)CN1CCC(C(=O)N2CCC(C(=N)c3cc(Cl)cc(Cl)c3)CC2)CC1. The number of benzene rings is 1. The van der Waals surface area contributed by atoms with Crippen molar-refractivity contribution < 1.29 is 4.79 Å². The minimum Gasteiger partial charge on any atom is -0.405 e. The van der Waals surface area contributed by atoms with Gasteiger partial charge in [0, 0.05) is 52.9 Å². The fourth-order valence-corrected chi connectivity index (χ4v) is 5.22. The number of nitrogens with one attached hydrogen (secondary N) is 1. The van der Waals surface area contributed by atoms with Crippen LogP contribution in [0.1, 0.15) is 31.2 Å². The van der Waals surface area contributed by atoms with Gasteiger partial charge in [-0.2, -0.15) is 0 Å². The molecular weight excluding hydrogens is 457 g/mol. The summed E-state index contributed by atoms with van der Waals surface area (Å²) < 4.78 is 0. The number of hydrogen-bond acceptors (Lipinski definition) is 5. The summed E-state index contributed by atoms with van der Waals surface area (Å²) in [4.78, 5) is 17.4. The van der Waals surface area contributed by atoms with Crippen molar-refractivity contribution in [1.82, 2.24) is 9.80 Å². The smallest absolute Gasteiger partial charge is 0.225 e. The molecule has 0 aromatic heterocycles. The van der Waals surface area contributed by atoms with Crippen molar-refractivity contribution in [3.63, 3.8) is 0 Å². The van der Waals surface area contributed by atoms with Crippen molar-refractivity contribution in [1.29, 1.82) is 5.41 Å². The summed E-state index contributed by atoms with van der Waals surface area (Å²) in [5.41, 5.74) is 14.1. The molecule has 0 unspecified atom stereocenters. The fraction of sp³-hybridized carbons (Fsp3) is 0.440. The van der Waals surface area contributed by atoms with Gasteiger partial charge >= 0.3 is 0 Å². The molecule has 0 saturated carbocycles. The summed E-state index contributed by atoms with van der Waals surface area (Å²) in [6.45, 7) is 7.57. The van der Waals surface area contributed by atoms with E-state index < -0.39 is 0 Å². The Morgan fingerprint density at radius 2 is 1.64 bits per heavy atom. The average Bonchev–Trinajstić information content (AvgIpc) is 2.78. The molecule has 2 aliphatic rings. The number of nitrogens with two attached hydrogens (primary N) is 2. The fourth-order valence-electron chi connectivity index (χ4n) is 4.70. The van der Waals surface area contributed by atoms with Gasteiger partial charge in [-0.1, -0.05) is 29.8 Å². The van der Waals surface area contributed by atoms with Crippen LogP contribution in [0.3, 0.4) is 0 Å². The molecule has 8 heteroatoms. The van der Waals surface area contributed by atoms with Gasteiger partial charge in [-0.3, -0.25) is 9.69 Å². The molecule has 0 radical (unpaired) electrons. The highest BCUT2D eigenvalue weighted by atomic mass is 35.5. The first kappa shape index (κ1) is 25.3. The lowest BCUT2D eigenvalue weighted by molar-refractivity contribution is -0.138. The first-order chi connectivity index (χ1) is 15.8. The van der Waals surface area contributed by atoms with E-state index in [1.54, 1.807) is 18.2 Å².